The number of benzene rings is 3. The summed E-state index contributed by atoms with van der Waals surface area (Å²) in [7, 11) is 0. The van der Waals surface area contributed by atoms with Crippen LogP contribution >= 0.6 is 0 Å². The third-order valence-corrected chi connectivity index (χ3v) is 5.41. The Hall–Kier alpha value is -3.31. The second-order valence-electron chi connectivity index (χ2n) is 8.13. The zero-order chi connectivity index (χ0) is 21.7. The highest BCUT2D eigenvalue weighted by atomic mass is 16.3. The molecule has 156 valence electrons. The monoisotopic (exact) mass is 404 g/mol. The molecule has 0 bridgehead atoms. The molecule has 0 unspecified atom stereocenters. The van der Waals surface area contributed by atoms with Crippen molar-refractivity contribution >= 4 is 28.1 Å². The van der Waals surface area contributed by atoms with E-state index in [2.05, 4.69) is 5.32 Å². The number of aliphatic hydroxyl groups is 1. The number of aromatic hydroxyl groups is 1. The van der Waals surface area contributed by atoms with Gasteiger partial charge in [-0.15, -0.1) is 0 Å². The van der Waals surface area contributed by atoms with Crippen molar-refractivity contribution in [2.45, 2.75) is 32.8 Å². The molecule has 0 radical (unpaired) electrons. The van der Waals surface area contributed by atoms with E-state index >= 15 is 0 Å². The van der Waals surface area contributed by atoms with Gasteiger partial charge in [0.2, 0.25) is 5.91 Å². The zero-order valence-electron chi connectivity index (χ0n) is 17.3. The maximum atomic E-state index is 12.1. The summed E-state index contributed by atoms with van der Waals surface area (Å²) in [6, 6.07) is 18.0. The summed E-state index contributed by atoms with van der Waals surface area (Å²) in [6.07, 6.45) is 3.90. The highest BCUT2D eigenvalue weighted by Crippen LogP contribution is 2.41. The topological polar surface area (TPSA) is 95.6 Å². The molecule has 0 saturated carbocycles. The van der Waals surface area contributed by atoms with Crippen LogP contribution in [-0.4, -0.2) is 16.1 Å². The third-order valence-electron chi connectivity index (χ3n) is 5.41. The largest absolute Gasteiger partial charge is 0.507 e. The van der Waals surface area contributed by atoms with Crippen molar-refractivity contribution in [2.75, 3.05) is 11.1 Å². The van der Waals surface area contributed by atoms with Crippen LogP contribution in [0.5, 0.6) is 5.75 Å². The first kappa shape index (κ1) is 21.4. The fourth-order valence-corrected chi connectivity index (χ4v) is 3.53. The molecule has 1 atom stereocenters. The second-order valence-corrected chi connectivity index (χ2v) is 8.13. The summed E-state index contributed by atoms with van der Waals surface area (Å²) in [5, 5.41) is 25.5. The van der Waals surface area contributed by atoms with Crippen molar-refractivity contribution in [3.8, 4) is 5.75 Å². The molecule has 1 amide bonds. The van der Waals surface area contributed by atoms with E-state index in [1.54, 1.807) is 30.3 Å². The second kappa shape index (κ2) is 9.01. The van der Waals surface area contributed by atoms with E-state index in [9.17, 15) is 15.0 Å². The van der Waals surface area contributed by atoms with Crippen LogP contribution in [0.1, 0.15) is 38.4 Å². The lowest BCUT2D eigenvalue weighted by Crippen LogP contribution is -2.22. The molecule has 5 heteroatoms. The maximum absolute atomic E-state index is 12.1. The van der Waals surface area contributed by atoms with Crippen LogP contribution in [0.15, 0.2) is 72.8 Å². The molecule has 3 aromatic rings. The lowest BCUT2D eigenvalue weighted by molar-refractivity contribution is -0.111. The number of carbonyl (C=O) groups excluding carboxylic acids is 1. The number of anilines is 2. The van der Waals surface area contributed by atoms with Crippen molar-refractivity contribution in [2.24, 2.45) is 5.41 Å². The van der Waals surface area contributed by atoms with Crippen LogP contribution in [0.25, 0.3) is 10.8 Å². The van der Waals surface area contributed by atoms with Gasteiger partial charge in [-0.05, 0) is 53.5 Å². The van der Waals surface area contributed by atoms with E-state index in [-0.39, 0.29) is 11.7 Å². The molecule has 0 heterocycles. The molecule has 3 aromatic carbocycles. The number of fused-ring (bicyclic) bond motifs is 1. The number of nitrogen functional groups attached to an aromatic ring is 1. The van der Waals surface area contributed by atoms with Gasteiger partial charge in [-0.1, -0.05) is 62.4 Å². The van der Waals surface area contributed by atoms with Gasteiger partial charge in [0, 0.05) is 5.39 Å². The number of phenols is 1. The number of rotatable bonds is 7. The van der Waals surface area contributed by atoms with Gasteiger partial charge in [0.25, 0.3) is 0 Å². The average molecular weight is 405 g/mol. The molecule has 5 nitrogen and oxygen atoms in total. The summed E-state index contributed by atoms with van der Waals surface area (Å²) in [5.74, 6) is -0.0388. The first-order valence-electron chi connectivity index (χ1n) is 10.0. The van der Waals surface area contributed by atoms with Crippen molar-refractivity contribution < 1.29 is 15.0 Å². The zero-order valence-corrected chi connectivity index (χ0v) is 17.3. The number of allylic oxidation sites excluding steroid dienone is 1. The Kier molecular flexibility index (Phi) is 6.43. The third kappa shape index (κ3) is 4.81. The van der Waals surface area contributed by atoms with Crippen LogP contribution in [0, 0.1) is 5.41 Å². The minimum absolute atomic E-state index is 0.201. The molecule has 0 aliphatic heterocycles. The molecule has 0 spiro atoms. The molecule has 0 aromatic heterocycles. The Morgan fingerprint density at radius 3 is 2.47 bits per heavy atom. The maximum Gasteiger partial charge on any atom is 0.248 e. The lowest BCUT2D eigenvalue weighted by Gasteiger charge is -2.31. The Bertz CT molecular complexity index is 1070. The molecule has 0 saturated heterocycles. The van der Waals surface area contributed by atoms with Crippen molar-refractivity contribution in [3.05, 3.63) is 78.4 Å². The molecular weight excluding hydrogens is 376 g/mol. The van der Waals surface area contributed by atoms with Crippen molar-refractivity contribution in [1.29, 1.82) is 0 Å². The number of aliphatic hydroxyl groups excluding tert-OH is 1. The normalized spacial score (nSPS) is 12.9. The lowest BCUT2D eigenvalue weighted by atomic mass is 9.77. The standard InChI is InChI=1S/C25H28N2O3/c1-25(2,16-8-7-13-23(29)27-21-12-6-5-11-20(21)26)24(30)19-14-15-22(28)18-10-4-3-9-17(18)19/h3-7,9-15,24,28,30H,8,16,26H2,1-2H3,(H,27,29)/b13-7+/t24-/m1/s1. The average Bonchev–Trinajstić information content (AvgIpc) is 2.73. The van der Waals surface area contributed by atoms with Crippen LogP contribution in [0.2, 0.25) is 0 Å². The first-order chi connectivity index (χ1) is 14.3. The number of carbonyl (C=O) groups is 1. The summed E-state index contributed by atoms with van der Waals surface area (Å²) in [6.45, 7) is 4.00. The highest BCUT2D eigenvalue weighted by Gasteiger charge is 2.29. The summed E-state index contributed by atoms with van der Waals surface area (Å²) in [4.78, 5) is 12.1. The SMILES string of the molecule is CC(C)(CC/C=C/C(=O)Nc1ccccc1N)[C@H](O)c1ccc(O)c2ccccc12. The van der Waals surface area contributed by atoms with E-state index in [1.807, 2.05) is 50.2 Å². The number of nitrogens with one attached hydrogen (secondary N) is 1. The first-order valence-corrected chi connectivity index (χ1v) is 10.0. The fourth-order valence-electron chi connectivity index (χ4n) is 3.53. The molecule has 3 rings (SSSR count). The fraction of sp³-hybridized carbons (Fsp3) is 0.240. The number of amides is 1. The molecule has 5 N–H and O–H groups in total. The predicted octanol–water partition coefficient (Wildman–Crippen LogP) is 5.16. The summed E-state index contributed by atoms with van der Waals surface area (Å²) < 4.78 is 0. The Labute approximate surface area is 176 Å². The van der Waals surface area contributed by atoms with Gasteiger partial charge in [-0.2, -0.15) is 0 Å². The Morgan fingerprint density at radius 2 is 1.73 bits per heavy atom. The van der Waals surface area contributed by atoms with Gasteiger partial charge in [-0.3, -0.25) is 4.79 Å². The van der Waals surface area contributed by atoms with E-state index in [0.29, 0.717) is 24.2 Å². The van der Waals surface area contributed by atoms with Crippen LogP contribution in [0.4, 0.5) is 11.4 Å². The van der Waals surface area contributed by atoms with Gasteiger partial charge in [0.15, 0.2) is 0 Å². The molecule has 30 heavy (non-hydrogen) atoms. The minimum Gasteiger partial charge on any atom is -0.507 e. The number of hydrogen-bond donors (Lipinski definition) is 4. The van der Waals surface area contributed by atoms with Crippen molar-refractivity contribution in [3.63, 3.8) is 0 Å². The molecule has 0 aliphatic rings. The molecular formula is C25H28N2O3. The number of phenolic OH excluding ortho intramolecular Hbond substituents is 1. The van der Waals surface area contributed by atoms with E-state index < -0.39 is 11.5 Å². The number of nitrogens with two attached hydrogens (primary N) is 1. The number of para-hydroxylation sites is 2. The van der Waals surface area contributed by atoms with Gasteiger partial charge in [-0.25, -0.2) is 0 Å². The van der Waals surface area contributed by atoms with Gasteiger partial charge in [0.05, 0.1) is 17.5 Å². The quantitative estimate of drug-likeness (QED) is 0.323. The van der Waals surface area contributed by atoms with Crippen LogP contribution < -0.4 is 11.1 Å². The van der Waals surface area contributed by atoms with Gasteiger partial charge < -0.3 is 21.3 Å². The summed E-state index contributed by atoms with van der Waals surface area (Å²) >= 11 is 0. The Balaban J connectivity index is 1.64. The smallest absolute Gasteiger partial charge is 0.248 e. The molecule has 0 fully saturated rings. The van der Waals surface area contributed by atoms with E-state index in [0.717, 1.165) is 16.3 Å². The molecule has 0 aliphatic carbocycles. The van der Waals surface area contributed by atoms with Crippen LogP contribution in [0.3, 0.4) is 0 Å². The minimum atomic E-state index is -0.714. The van der Waals surface area contributed by atoms with Gasteiger partial charge >= 0.3 is 0 Å². The predicted molar refractivity (Wildman–Crippen MR) is 122 cm³/mol. The summed E-state index contributed by atoms with van der Waals surface area (Å²) in [5.41, 5.74) is 7.30. The van der Waals surface area contributed by atoms with Crippen molar-refractivity contribution in [1.82, 2.24) is 0 Å². The van der Waals surface area contributed by atoms with Gasteiger partial charge in [0.1, 0.15) is 5.75 Å². The highest BCUT2D eigenvalue weighted by molar-refractivity contribution is 6.01. The Morgan fingerprint density at radius 1 is 1.07 bits per heavy atom. The van der Waals surface area contributed by atoms with Crippen LogP contribution in [-0.2, 0) is 4.79 Å². The van der Waals surface area contributed by atoms with E-state index in [4.69, 9.17) is 5.73 Å². The van der Waals surface area contributed by atoms with E-state index in [1.165, 1.54) is 6.08 Å². The number of hydrogen-bond acceptors (Lipinski definition) is 4.